The number of carbonyl (C=O) groups excluding carboxylic acids is 1. The molecular weight excluding hydrogens is 397 g/mol. The summed E-state index contributed by atoms with van der Waals surface area (Å²) in [4.78, 5) is 26.2. The number of aliphatic hydroxyl groups is 1. The zero-order valence-corrected chi connectivity index (χ0v) is 17.9. The molecule has 3 rings (SSSR count). The Bertz CT molecular complexity index is 891. The fraction of sp³-hybridized carbons (Fsp3) is 0.478. The molecule has 7 nitrogen and oxygen atoms in total. The van der Waals surface area contributed by atoms with E-state index >= 15 is 0 Å². The van der Waals surface area contributed by atoms with E-state index in [0.29, 0.717) is 56.0 Å². The number of rotatable bonds is 9. The molecule has 0 bridgehead atoms. The van der Waals surface area contributed by atoms with Crippen LogP contribution in [0.4, 0.5) is 16.2 Å². The number of hydrogen-bond donors (Lipinski definition) is 3. The van der Waals surface area contributed by atoms with Crippen molar-refractivity contribution in [3.63, 3.8) is 0 Å². The van der Waals surface area contributed by atoms with Gasteiger partial charge in [0.15, 0.2) is 5.82 Å². The van der Waals surface area contributed by atoms with E-state index in [1.54, 1.807) is 12.1 Å². The van der Waals surface area contributed by atoms with Crippen LogP contribution in [0.2, 0.25) is 0 Å². The van der Waals surface area contributed by atoms with E-state index in [0.717, 1.165) is 30.7 Å². The molecule has 1 saturated carbocycles. The Labute approximate surface area is 182 Å². The fourth-order valence-electron chi connectivity index (χ4n) is 3.34. The number of aliphatic imine (C=N–C) groups is 1. The van der Waals surface area contributed by atoms with Crippen LogP contribution < -0.4 is 10.6 Å². The Kier molecular flexibility index (Phi) is 8.46. The first-order valence-corrected chi connectivity index (χ1v) is 10.9. The quantitative estimate of drug-likeness (QED) is 0.529. The van der Waals surface area contributed by atoms with Crippen molar-refractivity contribution < 1.29 is 14.3 Å². The van der Waals surface area contributed by atoms with Gasteiger partial charge in [-0.15, -0.1) is 0 Å². The molecule has 3 N–H and O–H groups in total. The maximum atomic E-state index is 13.0. The first-order valence-electron chi connectivity index (χ1n) is 10.9. The second-order valence-electron chi connectivity index (χ2n) is 7.75. The third-order valence-electron chi connectivity index (χ3n) is 5.24. The monoisotopic (exact) mass is 427 g/mol. The highest BCUT2D eigenvalue weighted by molar-refractivity contribution is 5.99. The Morgan fingerprint density at radius 3 is 2.68 bits per heavy atom. The van der Waals surface area contributed by atoms with Crippen molar-refractivity contribution in [1.82, 2.24) is 15.3 Å². The van der Waals surface area contributed by atoms with Gasteiger partial charge in [0.1, 0.15) is 11.4 Å². The van der Waals surface area contributed by atoms with Crippen molar-refractivity contribution in [2.24, 2.45) is 4.99 Å². The number of anilines is 1. The Morgan fingerprint density at radius 1 is 1.23 bits per heavy atom. The van der Waals surface area contributed by atoms with E-state index in [-0.39, 0.29) is 17.8 Å². The van der Waals surface area contributed by atoms with Crippen molar-refractivity contribution in [3.05, 3.63) is 47.4 Å². The molecular formula is C23H30FN5O2. The molecule has 0 aliphatic heterocycles. The van der Waals surface area contributed by atoms with Crippen LogP contribution in [0.1, 0.15) is 61.4 Å². The molecule has 1 aliphatic rings. The van der Waals surface area contributed by atoms with Crippen molar-refractivity contribution >= 4 is 23.4 Å². The van der Waals surface area contributed by atoms with Crippen molar-refractivity contribution in [1.29, 1.82) is 0 Å². The molecule has 8 heteroatoms. The Hall–Kier alpha value is -2.87. The van der Waals surface area contributed by atoms with E-state index < -0.39 is 0 Å². The summed E-state index contributed by atoms with van der Waals surface area (Å²) in [6, 6.07) is 6.22. The van der Waals surface area contributed by atoms with E-state index in [4.69, 9.17) is 0 Å². The number of unbranched alkanes of at least 4 members (excludes halogenated alkanes) is 1. The second kappa shape index (κ2) is 11.5. The van der Waals surface area contributed by atoms with Crippen LogP contribution in [0, 0.1) is 5.82 Å². The summed E-state index contributed by atoms with van der Waals surface area (Å²) in [6.45, 7) is 3.27. The van der Waals surface area contributed by atoms with E-state index in [1.165, 1.54) is 18.3 Å². The lowest BCUT2D eigenvalue weighted by Crippen LogP contribution is -2.26. The molecule has 1 aromatic carbocycles. The second-order valence-corrected chi connectivity index (χ2v) is 7.75. The predicted octanol–water partition coefficient (Wildman–Crippen LogP) is 3.81. The number of aliphatic hydroxyl groups excluding tert-OH is 1. The number of benzene rings is 1. The van der Waals surface area contributed by atoms with E-state index in [2.05, 4.69) is 32.5 Å². The summed E-state index contributed by atoms with van der Waals surface area (Å²) in [6.07, 6.45) is 6.58. The minimum Gasteiger partial charge on any atom is -0.393 e. The molecule has 1 fully saturated rings. The summed E-state index contributed by atoms with van der Waals surface area (Å²) in [5, 5.41) is 15.8. The molecule has 2 aromatic rings. The number of halogens is 1. The SMILES string of the molecule is CCCCNc1ncc(C(=O)NCCc2ccc(F)cc2)c(N=C2CCC(O)CC2)n1. The summed E-state index contributed by atoms with van der Waals surface area (Å²) in [7, 11) is 0. The van der Waals surface area contributed by atoms with Crippen LogP contribution in [0.25, 0.3) is 0 Å². The van der Waals surface area contributed by atoms with Crippen LogP contribution in [-0.2, 0) is 6.42 Å². The molecule has 0 spiro atoms. The average molecular weight is 428 g/mol. The largest absolute Gasteiger partial charge is 0.393 e. The molecule has 0 unspecified atom stereocenters. The molecule has 1 aromatic heterocycles. The van der Waals surface area contributed by atoms with Gasteiger partial charge in [0.25, 0.3) is 5.91 Å². The zero-order valence-electron chi connectivity index (χ0n) is 17.9. The van der Waals surface area contributed by atoms with Gasteiger partial charge < -0.3 is 15.7 Å². The number of carbonyl (C=O) groups is 1. The minimum atomic E-state index is -0.294. The molecule has 31 heavy (non-hydrogen) atoms. The van der Waals surface area contributed by atoms with Crippen molar-refractivity contribution in [3.8, 4) is 0 Å². The van der Waals surface area contributed by atoms with Gasteiger partial charge in [0, 0.05) is 25.0 Å². The molecule has 0 radical (unpaired) electrons. The summed E-state index contributed by atoms with van der Waals surface area (Å²) in [5.41, 5.74) is 2.19. The molecule has 1 amide bonds. The predicted molar refractivity (Wildman–Crippen MR) is 119 cm³/mol. The fourth-order valence-corrected chi connectivity index (χ4v) is 3.34. The first kappa shape index (κ1) is 22.8. The summed E-state index contributed by atoms with van der Waals surface area (Å²) >= 11 is 0. The van der Waals surface area contributed by atoms with Gasteiger partial charge >= 0.3 is 0 Å². The summed E-state index contributed by atoms with van der Waals surface area (Å²) < 4.78 is 13.0. The molecule has 1 aliphatic carbocycles. The molecule has 166 valence electrons. The van der Waals surface area contributed by atoms with Crippen LogP contribution in [0.5, 0.6) is 0 Å². The number of amides is 1. The third kappa shape index (κ3) is 7.10. The highest BCUT2D eigenvalue weighted by Crippen LogP contribution is 2.23. The topological polar surface area (TPSA) is 99.5 Å². The highest BCUT2D eigenvalue weighted by atomic mass is 19.1. The van der Waals surface area contributed by atoms with Crippen LogP contribution in [0.3, 0.4) is 0 Å². The van der Waals surface area contributed by atoms with Crippen LogP contribution in [0.15, 0.2) is 35.5 Å². The standard InChI is InChI=1S/C23H30FN5O2/c1-2-3-13-26-23-27-15-20(21(29-23)28-18-8-10-19(30)11-9-18)22(31)25-14-12-16-4-6-17(24)7-5-16/h4-7,15,19,30H,2-3,8-14H2,1H3,(H,25,31)(H,26,27,29). The molecule has 0 saturated heterocycles. The van der Waals surface area contributed by atoms with Gasteiger partial charge in [0.05, 0.1) is 6.10 Å². The van der Waals surface area contributed by atoms with Gasteiger partial charge in [-0.05, 0) is 56.2 Å². The number of aromatic nitrogens is 2. The smallest absolute Gasteiger partial charge is 0.256 e. The zero-order chi connectivity index (χ0) is 22.1. The van der Waals surface area contributed by atoms with Gasteiger partial charge in [-0.25, -0.2) is 14.4 Å². The van der Waals surface area contributed by atoms with Gasteiger partial charge in [0.2, 0.25) is 5.95 Å². The maximum Gasteiger partial charge on any atom is 0.256 e. The Balaban J connectivity index is 1.71. The normalized spacial score (nSPS) is 16.1. The van der Waals surface area contributed by atoms with Crippen LogP contribution >= 0.6 is 0 Å². The summed E-state index contributed by atoms with van der Waals surface area (Å²) in [5.74, 6) is 0.222. The maximum absolute atomic E-state index is 13.0. The highest BCUT2D eigenvalue weighted by Gasteiger charge is 2.18. The third-order valence-corrected chi connectivity index (χ3v) is 5.24. The lowest BCUT2D eigenvalue weighted by atomic mass is 9.96. The molecule has 1 heterocycles. The van der Waals surface area contributed by atoms with Crippen molar-refractivity contribution in [2.75, 3.05) is 18.4 Å². The minimum absolute atomic E-state index is 0.281. The lowest BCUT2D eigenvalue weighted by molar-refractivity contribution is 0.0954. The number of nitrogens with zero attached hydrogens (tertiary/aromatic N) is 3. The van der Waals surface area contributed by atoms with Crippen molar-refractivity contribution in [2.45, 2.75) is 58.0 Å². The van der Waals surface area contributed by atoms with Crippen LogP contribution in [-0.4, -0.2) is 45.9 Å². The van der Waals surface area contributed by atoms with E-state index in [1.807, 2.05) is 0 Å². The average Bonchev–Trinajstić information content (AvgIpc) is 2.77. The molecule has 0 atom stereocenters. The first-order chi connectivity index (χ1) is 15.0. The van der Waals surface area contributed by atoms with Gasteiger partial charge in [-0.1, -0.05) is 25.5 Å². The van der Waals surface area contributed by atoms with Gasteiger partial charge in [-0.3, -0.25) is 4.79 Å². The number of hydrogen-bond acceptors (Lipinski definition) is 6. The lowest BCUT2D eigenvalue weighted by Gasteiger charge is -2.18. The number of nitrogens with one attached hydrogen (secondary N) is 2. The Morgan fingerprint density at radius 2 is 1.97 bits per heavy atom. The van der Waals surface area contributed by atoms with E-state index in [9.17, 15) is 14.3 Å². The van der Waals surface area contributed by atoms with Gasteiger partial charge in [-0.2, -0.15) is 4.98 Å².